The molecule has 2 aromatic carbocycles. The Bertz CT molecular complexity index is 1170. The lowest BCUT2D eigenvalue weighted by atomic mass is 10.1. The minimum Gasteiger partial charge on any atom is -0.365 e. The van der Waals surface area contributed by atoms with Crippen LogP contribution in [0.15, 0.2) is 71.4 Å². The topological polar surface area (TPSA) is 82.2 Å². The van der Waals surface area contributed by atoms with Gasteiger partial charge in [0.25, 0.3) is 5.91 Å². The van der Waals surface area contributed by atoms with Crippen molar-refractivity contribution in [3.63, 3.8) is 0 Å². The Balaban J connectivity index is 1.24. The first-order valence-electron chi connectivity index (χ1n) is 9.74. The van der Waals surface area contributed by atoms with Gasteiger partial charge in [-0.2, -0.15) is 5.10 Å². The van der Waals surface area contributed by atoms with Crippen molar-refractivity contribution in [3.05, 3.63) is 89.5 Å². The van der Waals surface area contributed by atoms with Crippen LogP contribution in [0, 0.1) is 12.7 Å². The van der Waals surface area contributed by atoms with Gasteiger partial charge >= 0.3 is 0 Å². The van der Waals surface area contributed by atoms with Crippen LogP contribution in [0.3, 0.4) is 0 Å². The molecule has 8 heteroatoms. The lowest BCUT2D eigenvalue weighted by molar-refractivity contribution is -0.121. The molecule has 158 valence electrons. The van der Waals surface area contributed by atoms with Gasteiger partial charge in [-0.3, -0.25) is 9.48 Å². The average molecular weight is 420 g/mol. The van der Waals surface area contributed by atoms with E-state index in [1.54, 1.807) is 28.9 Å². The van der Waals surface area contributed by atoms with E-state index >= 15 is 0 Å². The lowest BCUT2D eigenvalue weighted by Crippen LogP contribution is -2.18. The molecule has 4 rings (SSSR count). The fourth-order valence-electron chi connectivity index (χ4n) is 3.04. The van der Waals surface area contributed by atoms with E-state index in [2.05, 4.69) is 34.6 Å². The normalized spacial score (nSPS) is 10.9. The van der Waals surface area contributed by atoms with Gasteiger partial charge in [0.2, 0.25) is 0 Å². The number of carbonyl (C=O) groups excluding carboxylic acids is 1. The van der Waals surface area contributed by atoms with E-state index in [0.717, 1.165) is 0 Å². The van der Waals surface area contributed by atoms with E-state index in [9.17, 15) is 9.18 Å². The number of carbonyl (C=O) groups is 1. The van der Waals surface area contributed by atoms with Crippen LogP contribution in [0.1, 0.15) is 16.8 Å². The minimum absolute atomic E-state index is 0.111. The van der Waals surface area contributed by atoms with Crippen LogP contribution in [-0.2, 0) is 22.7 Å². The summed E-state index contributed by atoms with van der Waals surface area (Å²) in [6.07, 6.45) is 1.81. The highest BCUT2D eigenvalue weighted by atomic mass is 19.1. The van der Waals surface area contributed by atoms with Crippen molar-refractivity contribution in [2.24, 2.45) is 0 Å². The number of nitrogens with one attached hydrogen (secondary N) is 1. The van der Waals surface area contributed by atoms with Crippen molar-refractivity contribution >= 4 is 11.7 Å². The Labute approximate surface area is 178 Å². The van der Waals surface area contributed by atoms with Crippen molar-refractivity contribution in [1.82, 2.24) is 14.9 Å². The molecule has 0 aliphatic heterocycles. The molecule has 0 aliphatic rings. The van der Waals surface area contributed by atoms with Crippen LogP contribution in [0.25, 0.3) is 11.3 Å². The highest BCUT2D eigenvalue weighted by Gasteiger charge is 2.10. The first-order valence-corrected chi connectivity index (χ1v) is 9.74. The molecule has 1 N–H and O–H groups in total. The molecular formula is C23H21FN4O3. The summed E-state index contributed by atoms with van der Waals surface area (Å²) in [6, 6.07) is 17.4. The molecule has 2 aromatic heterocycles. The van der Waals surface area contributed by atoms with Gasteiger partial charge in [-0.1, -0.05) is 29.4 Å². The Hall–Kier alpha value is -3.78. The highest BCUT2D eigenvalue weighted by Crippen LogP contribution is 2.21. The molecule has 0 saturated carbocycles. The van der Waals surface area contributed by atoms with Crippen molar-refractivity contribution in [3.8, 4) is 11.3 Å². The zero-order chi connectivity index (χ0) is 21.6. The smallest absolute Gasteiger partial charge is 0.251 e. The number of amides is 1. The fraction of sp³-hybridized carbons (Fsp3) is 0.174. The monoisotopic (exact) mass is 420 g/mol. The third-order valence-corrected chi connectivity index (χ3v) is 4.67. The zero-order valence-electron chi connectivity index (χ0n) is 16.9. The number of nitrogens with zero attached hydrogens (tertiary/aromatic N) is 3. The molecule has 0 spiro atoms. The highest BCUT2D eigenvalue weighted by molar-refractivity contribution is 5.90. The van der Waals surface area contributed by atoms with Crippen LogP contribution in [0.4, 0.5) is 10.2 Å². The molecule has 0 unspecified atom stereocenters. The van der Waals surface area contributed by atoms with Crippen LogP contribution in [0.5, 0.6) is 0 Å². The van der Waals surface area contributed by atoms with Crippen molar-refractivity contribution < 1.29 is 18.4 Å². The maximum absolute atomic E-state index is 13.0. The third kappa shape index (κ3) is 5.43. The molecule has 0 aliphatic carbocycles. The summed E-state index contributed by atoms with van der Waals surface area (Å²) in [4.78, 5) is 12.1. The van der Waals surface area contributed by atoms with Crippen molar-refractivity contribution in [2.45, 2.75) is 20.1 Å². The van der Waals surface area contributed by atoms with Crippen LogP contribution in [-0.4, -0.2) is 27.5 Å². The maximum Gasteiger partial charge on any atom is 0.251 e. The van der Waals surface area contributed by atoms with E-state index in [0.29, 0.717) is 29.4 Å². The largest absolute Gasteiger partial charge is 0.365 e. The van der Waals surface area contributed by atoms with Crippen molar-refractivity contribution in [1.29, 1.82) is 0 Å². The summed E-state index contributed by atoms with van der Waals surface area (Å²) >= 11 is 0. The van der Waals surface area contributed by atoms with Crippen LogP contribution < -0.4 is 5.32 Å². The quantitative estimate of drug-likeness (QED) is 0.462. The van der Waals surface area contributed by atoms with Crippen LogP contribution >= 0.6 is 0 Å². The van der Waals surface area contributed by atoms with Gasteiger partial charge in [0.1, 0.15) is 18.1 Å². The number of halogens is 1. The van der Waals surface area contributed by atoms with Gasteiger partial charge in [-0.15, -0.1) is 0 Å². The molecule has 0 saturated heterocycles. The summed E-state index contributed by atoms with van der Waals surface area (Å²) in [6.45, 7) is 2.64. The Morgan fingerprint density at radius 2 is 1.97 bits per heavy atom. The van der Waals surface area contributed by atoms with E-state index < -0.39 is 0 Å². The van der Waals surface area contributed by atoms with Gasteiger partial charge in [0, 0.05) is 23.9 Å². The van der Waals surface area contributed by atoms with Crippen molar-refractivity contribution in [2.75, 3.05) is 11.9 Å². The number of hydrogen-bond donors (Lipinski definition) is 1. The number of hydrogen-bond acceptors (Lipinski definition) is 5. The van der Waals surface area contributed by atoms with Crippen LogP contribution in [0.2, 0.25) is 0 Å². The second kappa shape index (κ2) is 9.36. The number of aryl methyl sites for hydroxylation is 1. The SMILES string of the molecule is Cc1ccccc1Cn1ccc(NC(=O)COCc2cc(-c3ccc(F)cc3)on2)n1. The number of rotatable bonds is 8. The van der Waals surface area contributed by atoms with E-state index in [1.807, 2.05) is 18.3 Å². The maximum atomic E-state index is 13.0. The molecule has 31 heavy (non-hydrogen) atoms. The average Bonchev–Trinajstić information content (AvgIpc) is 3.40. The van der Waals surface area contributed by atoms with Gasteiger partial charge in [-0.05, 0) is 42.3 Å². The first kappa shape index (κ1) is 20.5. The van der Waals surface area contributed by atoms with Gasteiger partial charge in [-0.25, -0.2) is 4.39 Å². The second-order valence-corrected chi connectivity index (χ2v) is 7.06. The standard InChI is InChI=1S/C23H21FN4O3/c1-16-4-2-3-5-18(16)13-28-11-10-22(26-28)25-23(29)15-30-14-20-12-21(31-27-20)17-6-8-19(24)9-7-17/h2-12H,13-15H2,1H3,(H,25,26,29). The third-order valence-electron chi connectivity index (χ3n) is 4.67. The first-order chi connectivity index (χ1) is 15.1. The van der Waals surface area contributed by atoms with Gasteiger partial charge in [0.05, 0.1) is 13.2 Å². The van der Waals surface area contributed by atoms with E-state index in [4.69, 9.17) is 9.26 Å². The predicted octanol–water partition coefficient (Wildman–Crippen LogP) is 4.19. The molecule has 0 bridgehead atoms. The molecule has 4 aromatic rings. The molecule has 0 fully saturated rings. The summed E-state index contributed by atoms with van der Waals surface area (Å²) in [5.41, 5.74) is 3.60. The van der Waals surface area contributed by atoms with E-state index in [-0.39, 0.29) is 24.9 Å². The number of benzene rings is 2. The predicted molar refractivity (Wildman–Crippen MR) is 113 cm³/mol. The lowest BCUT2D eigenvalue weighted by Gasteiger charge is -2.06. The Kier molecular flexibility index (Phi) is 6.18. The van der Waals surface area contributed by atoms with E-state index in [1.165, 1.54) is 23.3 Å². The van der Waals surface area contributed by atoms with Gasteiger partial charge < -0.3 is 14.6 Å². The fourth-order valence-corrected chi connectivity index (χ4v) is 3.04. The Morgan fingerprint density at radius 3 is 2.77 bits per heavy atom. The Morgan fingerprint density at radius 1 is 1.16 bits per heavy atom. The number of aromatic nitrogens is 3. The second-order valence-electron chi connectivity index (χ2n) is 7.06. The molecular weight excluding hydrogens is 399 g/mol. The number of ether oxygens (including phenoxy) is 1. The summed E-state index contributed by atoms with van der Waals surface area (Å²) < 4.78 is 25.4. The molecule has 7 nitrogen and oxygen atoms in total. The molecule has 1 amide bonds. The molecule has 2 heterocycles. The summed E-state index contributed by atoms with van der Waals surface area (Å²) in [7, 11) is 0. The molecule has 0 atom stereocenters. The van der Waals surface area contributed by atoms with Gasteiger partial charge in [0.15, 0.2) is 11.6 Å². The zero-order valence-corrected chi connectivity index (χ0v) is 16.9. The minimum atomic E-state index is -0.321. The number of anilines is 1. The molecule has 0 radical (unpaired) electrons. The summed E-state index contributed by atoms with van der Waals surface area (Å²) in [5, 5.41) is 11.0. The summed E-state index contributed by atoms with van der Waals surface area (Å²) in [5.74, 6) is 0.325.